The van der Waals surface area contributed by atoms with Crippen molar-refractivity contribution in [2.75, 3.05) is 0 Å². The van der Waals surface area contributed by atoms with Crippen LogP contribution in [0.2, 0.25) is 4.44 Å². The van der Waals surface area contributed by atoms with Gasteiger partial charge in [0.15, 0.2) is 0 Å². The first-order valence-corrected chi connectivity index (χ1v) is 7.17. The summed E-state index contributed by atoms with van der Waals surface area (Å²) in [5.41, 5.74) is 6.00. The molecule has 3 unspecified atom stereocenters. The van der Waals surface area contributed by atoms with Gasteiger partial charge >= 0.3 is 89.6 Å². The Morgan fingerprint density at radius 2 is 2.08 bits per heavy atom. The molecule has 0 saturated heterocycles. The van der Waals surface area contributed by atoms with Crippen LogP contribution >= 0.6 is 0 Å². The van der Waals surface area contributed by atoms with Crippen molar-refractivity contribution < 1.29 is 0 Å². The summed E-state index contributed by atoms with van der Waals surface area (Å²) in [5, 5.41) is 0. The van der Waals surface area contributed by atoms with Crippen LogP contribution in [0.1, 0.15) is 39.0 Å². The van der Waals surface area contributed by atoms with E-state index in [-0.39, 0.29) is 0 Å². The van der Waals surface area contributed by atoms with Crippen molar-refractivity contribution in [3.63, 3.8) is 0 Å². The molecular weight excluding hydrogens is 253 g/mol. The zero-order valence-corrected chi connectivity index (χ0v) is 10.9. The van der Waals surface area contributed by atoms with Crippen molar-refractivity contribution in [1.29, 1.82) is 0 Å². The molecular formula is C10H20NSn. The summed E-state index contributed by atoms with van der Waals surface area (Å²) in [6.07, 6.45) is 7.13. The average Bonchev–Trinajstić information content (AvgIpc) is 2.05. The summed E-state index contributed by atoms with van der Waals surface area (Å²) < 4.78 is 1.42. The molecule has 1 saturated carbocycles. The summed E-state index contributed by atoms with van der Waals surface area (Å²) in [6.45, 7) is 2.19. The predicted octanol–water partition coefficient (Wildman–Crippen LogP) is 2.12. The molecule has 3 radical (unpaired) electrons. The SMILES string of the molecule is CC(N)C1CCCCC1C[CH2][Sn]. The second-order valence-corrected chi connectivity index (χ2v) is 5.53. The molecule has 1 aliphatic rings. The van der Waals surface area contributed by atoms with E-state index in [0.717, 1.165) is 11.8 Å². The Balaban J connectivity index is 2.42. The summed E-state index contributed by atoms with van der Waals surface area (Å²) in [6, 6.07) is 0.428. The fourth-order valence-electron chi connectivity index (χ4n) is 2.47. The van der Waals surface area contributed by atoms with Gasteiger partial charge in [-0.25, -0.2) is 0 Å². The molecule has 0 spiro atoms. The van der Waals surface area contributed by atoms with Gasteiger partial charge in [-0.2, -0.15) is 0 Å². The molecule has 3 atom stereocenters. The third-order valence-electron chi connectivity index (χ3n) is 3.16. The van der Waals surface area contributed by atoms with Crippen LogP contribution in [0.25, 0.3) is 0 Å². The maximum atomic E-state index is 6.00. The van der Waals surface area contributed by atoms with Gasteiger partial charge in [0.2, 0.25) is 0 Å². The molecule has 2 heteroatoms. The zero-order chi connectivity index (χ0) is 8.97. The molecule has 1 aliphatic carbocycles. The predicted molar refractivity (Wildman–Crippen MR) is 54.3 cm³/mol. The van der Waals surface area contributed by atoms with E-state index >= 15 is 0 Å². The van der Waals surface area contributed by atoms with Gasteiger partial charge in [-0.15, -0.1) is 0 Å². The van der Waals surface area contributed by atoms with Crippen molar-refractivity contribution >= 4 is 22.5 Å². The van der Waals surface area contributed by atoms with Crippen LogP contribution in [-0.2, 0) is 0 Å². The van der Waals surface area contributed by atoms with Crippen molar-refractivity contribution in [3.8, 4) is 0 Å². The Bertz CT molecular complexity index is 123. The van der Waals surface area contributed by atoms with Gasteiger partial charge in [-0.3, -0.25) is 0 Å². The molecule has 0 aromatic heterocycles. The quantitative estimate of drug-likeness (QED) is 0.783. The molecule has 0 heterocycles. The van der Waals surface area contributed by atoms with Crippen molar-refractivity contribution in [3.05, 3.63) is 0 Å². The second kappa shape index (κ2) is 5.48. The van der Waals surface area contributed by atoms with E-state index in [1.807, 2.05) is 0 Å². The first-order chi connectivity index (χ1) is 5.75. The van der Waals surface area contributed by atoms with E-state index in [4.69, 9.17) is 5.73 Å². The van der Waals surface area contributed by atoms with Gasteiger partial charge in [-0.05, 0) is 0 Å². The Labute approximate surface area is 89.6 Å². The van der Waals surface area contributed by atoms with E-state index in [2.05, 4.69) is 6.92 Å². The Morgan fingerprint density at radius 1 is 1.42 bits per heavy atom. The summed E-state index contributed by atoms with van der Waals surface area (Å²) in [5.74, 6) is 1.79. The summed E-state index contributed by atoms with van der Waals surface area (Å²) >= 11 is 1.69. The molecule has 69 valence electrons. The third-order valence-corrected chi connectivity index (χ3v) is 3.98. The molecule has 1 rings (SSSR count). The van der Waals surface area contributed by atoms with Gasteiger partial charge in [0.1, 0.15) is 0 Å². The minimum absolute atomic E-state index is 0.428. The van der Waals surface area contributed by atoms with Crippen molar-refractivity contribution in [2.24, 2.45) is 17.6 Å². The monoisotopic (exact) mass is 274 g/mol. The van der Waals surface area contributed by atoms with Crippen LogP contribution in [0.15, 0.2) is 0 Å². The van der Waals surface area contributed by atoms with E-state index in [1.54, 1.807) is 22.5 Å². The Kier molecular flexibility index (Phi) is 4.95. The fraction of sp³-hybridized carbons (Fsp3) is 1.00. The number of rotatable bonds is 3. The molecule has 0 amide bonds. The fourth-order valence-corrected chi connectivity index (χ4v) is 3.53. The molecule has 12 heavy (non-hydrogen) atoms. The van der Waals surface area contributed by atoms with E-state index in [0.29, 0.717) is 6.04 Å². The molecule has 0 bridgehead atoms. The van der Waals surface area contributed by atoms with Gasteiger partial charge < -0.3 is 0 Å². The second-order valence-electron chi connectivity index (χ2n) is 4.11. The molecule has 1 fully saturated rings. The zero-order valence-electron chi connectivity index (χ0n) is 8.05. The maximum absolute atomic E-state index is 6.00. The first kappa shape index (κ1) is 10.8. The number of hydrogen-bond donors (Lipinski definition) is 1. The van der Waals surface area contributed by atoms with Crippen LogP contribution in [0, 0.1) is 11.8 Å². The van der Waals surface area contributed by atoms with Crippen LogP contribution < -0.4 is 5.73 Å². The average molecular weight is 273 g/mol. The van der Waals surface area contributed by atoms with Gasteiger partial charge in [0, 0.05) is 0 Å². The first-order valence-electron chi connectivity index (χ1n) is 5.16. The van der Waals surface area contributed by atoms with Gasteiger partial charge in [-0.1, -0.05) is 0 Å². The Hall–Kier alpha value is 0.759. The van der Waals surface area contributed by atoms with Crippen LogP contribution in [0.3, 0.4) is 0 Å². The standard InChI is InChI=1S/C10H20N.Sn/c1-3-9-6-4-5-7-10(9)8(2)11;/h8-10H,1,3-7,11H2,2H3;. The molecule has 1 nitrogen and oxygen atoms in total. The third kappa shape index (κ3) is 2.91. The van der Waals surface area contributed by atoms with Gasteiger partial charge in [0.25, 0.3) is 0 Å². The summed E-state index contributed by atoms with van der Waals surface area (Å²) in [4.78, 5) is 0. The van der Waals surface area contributed by atoms with E-state index in [9.17, 15) is 0 Å². The number of hydrogen-bond acceptors (Lipinski definition) is 1. The minimum atomic E-state index is 0.428. The van der Waals surface area contributed by atoms with Crippen LogP contribution in [-0.4, -0.2) is 28.6 Å². The molecule has 2 N–H and O–H groups in total. The Morgan fingerprint density at radius 3 is 2.67 bits per heavy atom. The van der Waals surface area contributed by atoms with Crippen molar-refractivity contribution in [1.82, 2.24) is 0 Å². The molecule has 0 aromatic carbocycles. The van der Waals surface area contributed by atoms with Crippen LogP contribution in [0.4, 0.5) is 0 Å². The normalized spacial score (nSPS) is 33.2. The number of nitrogens with two attached hydrogens (primary N) is 1. The van der Waals surface area contributed by atoms with Crippen molar-refractivity contribution in [2.45, 2.75) is 49.5 Å². The van der Waals surface area contributed by atoms with E-state index < -0.39 is 0 Å². The topological polar surface area (TPSA) is 26.0 Å². The van der Waals surface area contributed by atoms with Gasteiger partial charge in [0.05, 0.1) is 0 Å². The molecule has 0 aromatic rings. The van der Waals surface area contributed by atoms with Crippen LogP contribution in [0.5, 0.6) is 0 Å². The summed E-state index contributed by atoms with van der Waals surface area (Å²) in [7, 11) is 0. The van der Waals surface area contributed by atoms with E-state index in [1.165, 1.54) is 36.5 Å². The molecule has 0 aliphatic heterocycles.